The van der Waals surface area contributed by atoms with E-state index in [0.29, 0.717) is 0 Å². The Hall–Kier alpha value is -0.0400. The summed E-state index contributed by atoms with van der Waals surface area (Å²) in [6, 6.07) is 0. The summed E-state index contributed by atoms with van der Waals surface area (Å²) in [7, 11) is 0. The van der Waals surface area contributed by atoms with E-state index >= 15 is 0 Å². The molecule has 2 saturated carbocycles. The lowest BCUT2D eigenvalue weighted by Gasteiger charge is -2.32. The van der Waals surface area contributed by atoms with E-state index in [2.05, 4.69) is 5.32 Å². The fraction of sp³-hybridized carbons (Fsp3) is 1.00. The largest absolute Gasteiger partial charge is 0.316 e. The molecule has 1 N–H and O–H groups in total. The minimum atomic E-state index is 1.07. The number of fused-ring (bicyclic) bond motifs is 3. The highest BCUT2D eigenvalue weighted by Crippen LogP contribution is 2.50. The first-order valence-electron chi connectivity index (χ1n) is 6.16. The Morgan fingerprint density at radius 2 is 1.69 bits per heavy atom. The Labute approximate surface area is 81.3 Å². The molecule has 1 heteroatoms. The van der Waals surface area contributed by atoms with Crippen molar-refractivity contribution in [1.29, 1.82) is 0 Å². The number of nitrogens with one attached hydrogen (secondary N) is 1. The van der Waals surface area contributed by atoms with Gasteiger partial charge in [-0.25, -0.2) is 0 Å². The fourth-order valence-electron chi connectivity index (χ4n) is 4.21. The van der Waals surface area contributed by atoms with E-state index in [-0.39, 0.29) is 0 Å². The van der Waals surface area contributed by atoms with Crippen LogP contribution in [0, 0.1) is 23.7 Å². The molecule has 1 nitrogen and oxygen atoms in total. The molecule has 0 aromatic carbocycles. The molecular formula is C12H21N. The van der Waals surface area contributed by atoms with Gasteiger partial charge in [0.2, 0.25) is 0 Å². The predicted octanol–water partition coefficient (Wildman–Crippen LogP) is 2.42. The molecule has 13 heavy (non-hydrogen) atoms. The van der Waals surface area contributed by atoms with Crippen LogP contribution in [0.15, 0.2) is 0 Å². The van der Waals surface area contributed by atoms with Gasteiger partial charge in [-0.05, 0) is 56.0 Å². The normalized spacial score (nSPS) is 49.8. The van der Waals surface area contributed by atoms with Crippen LogP contribution in [-0.4, -0.2) is 13.1 Å². The van der Waals surface area contributed by atoms with Crippen molar-refractivity contribution in [2.45, 2.75) is 38.5 Å². The minimum Gasteiger partial charge on any atom is -0.316 e. The first kappa shape index (κ1) is 8.28. The quantitative estimate of drug-likeness (QED) is 0.602. The topological polar surface area (TPSA) is 12.0 Å². The summed E-state index contributed by atoms with van der Waals surface area (Å²) in [6.45, 7) is 2.63. The smallest absolute Gasteiger partial charge is 0.00151 e. The van der Waals surface area contributed by atoms with Crippen LogP contribution in [-0.2, 0) is 0 Å². The molecule has 1 saturated heterocycles. The zero-order valence-electron chi connectivity index (χ0n) is 8.47. The van der Waals surface area contributed by atoms with Gasteiger partial charge in [-0.3, -0.25) is 0 Å². The average Bonchev–Trinajstić information content (AvgIpc) is 2.56. The molecule has 74 valence electrons. The molecule has 0 radical (unpaired) electrons. The molecule has 1 aliphatic heterocycles. The monoisotopic (exact) mass is 179 g/mol. The van der Waals surface area contributed by atoms with Gasteiger partial charge >= 0.3 is 0 Å². The molecule has 3 aliphatic rings. The second-order valence-electron chi connectivity index (χ2n) is 5.36. The molecule has 0 bridgehead atoms. The third-order valence-corrected chi connectivity index (χ3v) is 4.80. The lowest BCUT2D eigenvalue weighted by atomic mass is 9.77. The Balaban J connectivity index is 1.76. The highest BCUT2D eigenvalue weighted by molar-refractivity contribution is 4.95. The molecule has 0 amide bonds. The zero-order valence-corrected chi connectivity index (χ0v) is 8.47. The van der Waals surface area contributed by atoms with Gasteiger partial charge in [0, 0.05) is 0 Å². The highest BCUT2D eigenvalue weighted by Gasteiger charge is 2.44. The molecule has 2 aliphatic carbocycles. The van der Waals surface area contributed by atoms with Crippen molar-refractivity contribution in [3.8, 4) is 0 Å². The van der Waals surface area contributed by atoms with Gasteiger partial charge in [-0.2, -0.15) is 0 Å². The maximum Gasteiger partial charge on any atom is -0.00151 e. The van der Waals surface area contributed by atoms with Crippen LogP contribution < -0.4 is 5.32 Å². The van der Waals surface area contributed by atoms with Crippen LogP contribution in [0.4, 0.5) is 0 Å². The number of hydrogen-bond donors (Lipinski definition) is 1. The van der Waals surface area contributed by atoms with Crippen LogP contribution in [0.5, 0.6) is 0 Å². The molecule has 3 rings (SSSR count). The summed E-state index contributed by atoms with van der Waals surface area (Å²) >= 11 is 0. The Kier molecular flexibility index (Phi) is 2.08. The molecular weight excluding hydrogens is 158 g/mol. The molecule has 1 heterocycles. The minimum absolute atomic E-state index is 1.07. The Morgan fingerprint density at radius 1 is 0.846 bits per heavy atom. The van der Waals surface area contributed by atoms with Gasteiger partial charge in [0.1, 0.15) is 0 Å². The second-order valence-corrected chi connectivity index (χ2v) is 5.36. The third kappa shape index (κ3) is 1.32. The summed E-state index contributed by atoms with van der Waals surface area (Å²) in [5.74, 6) is 4.42. The fourth-order valence-corrected chi connectivity index (χ4v) is 4.21. The lowest BCUT2D eigenvalue weighted by Crippen LogP contribution is -2.37. The molecule has 4 unspecified atom stereocenters. The van der Waals surface area contributed by atoms with Gasteiger partial charge in [0.25, 0.3) is 0 Å². The first-order valence-corrected chi connectivity index (χ1v) is 6.16. The predicted molar refractivity (Wildman–Crippen MR) is 54.5 cm³/mol. The molecule has 0 aromatic rings. The summed E-state index contributed by atoms with van der Waals surface area (Å²) in [6.07, 6.45) is 9.19. The van der Waals surface area contributed by atoms with E-state index in [0.717, 1.165) is 23.7 Å². The Bertz CT molecular complexity index is 170. The number of piperidine rings is 1. The maximum absolute atomic E-state index is 3.59. The first-order chi connectivity index (χ1) is 6.45. The van der Waals surface area contributed by atoms with Crippen molar-refractivity contribution in [3.63, 3.8) is 0 Å². The highest BCUT2D eigenvalue weighted by atomic mass is 14.9. The molecule has 0 aromatic heterocycles. The standard InChI is InChI=1S/C12H21N/c1-2-4-11-9(3-1)7-10-5-6-13-8-12(10)11/h9-13H,1-8H2. The van der Waals surface area contributed by atoms with E-state index in [9.17, 15) is 0 Å². The molecule has 0 spiro atoms. The maximum atomic E-state index is 3.59. The summed E-state index contributed by atoms with van der Waals surface area (Å²) in [4.78, 5) is 0. The molecule has 4 atom stereocenters. The van der Waals surface area contributed by atoms with Crippen molar-refractivity contribution >= 4 is 0 Å². The van der Waals surface area contributed by atoms with Crippen LogP contribution in [0.2, 0.25) is 0 Å². The zero-order chi connectivity index (χ0) is 8.67. The van der Waals surface area contributed by atoms with Gasteiger partial charge < -0.3 is 5.32 Å². The van der Waals surface area contributed by atoms with Gasteiger partial charge in [-0.15, -0.1) is 0 Å². The number of hydrogen-bond acceptors (Lipinski definition) is 1. The van der Waals surface area contributed by atoms with Crippen molar-refractivity contribution in [2.24, 2.45) is 23.7 Å². The van der Waals surface area contributed by atoms with E-state index in [4.69, 9.17) is 0 Å². The lowest BCUT2D eigenvalue weighted by molar-refractivity contribution is 0.195. The van der Waals surface area contributed by atoms with Gasteiger partial charge in [0.15, 0.2) is 0 Å². The van der Waals surface area contributed by atoms with Crippen molar-refractivity contribution < 1.29 is 0 Å². The van der Waals surface area contributed by atoms with Crippen LogP contribution in [0.25, 0.3) is 0 Å². The summed E-state index contributed by atoms with van der Waals surface area (Å²) in [5.41, 5.74) is 0. The SMILES string of the molecule is C1CCC2C(C1)CC1CCNCC12. The Morgan fingerprint density at radius 3 is 2.69 bits per heavy atom. The van der Waals surface area contributed by atoms with E-state index in [1.165, 1.54) is 32.4 Å². The van der Waals surface area contributed by atoms with Crippen LogP contribution in [0.3, 0.4) is 0 Å². The van der Waals surface area contributed by atoms with Crippen LogP contribution >= 0.6 is 0 Å². The average molecular weight is 179 g/mol. The van der Waals surface area contributed by atoms with Gasteiger partial charge in [-0.1, -0.05) is 19.3 Å². The van der Waals surface area contributed by atoms with Crippen molar-refractivity contribution in [1.82, 2.24) is 5.32 Å². The summed E-state index contributed by atoms with van der Waals surface area (Å²) < 4.78 is 0. The van der Waals surface area contributed by atoms with Crippen molar-refractivity contribution in [3.05, 3.63) is 0 Å². The molecule has 3 fully saturated rings. The second kappa shape index (κ2) is 3.27. The van der Waals surface area contributed by atoms with E-state index in [1.54, 1.807) is 19.3 Å². The van der Waals surface area contributed by atoms with Gasteiger partial charge in [0.05, 0.1) is 0 Å². The third-order valence-electron chi connectivity index (χ3n) is 4.80. The summed E-state index contributed by atoms with van der Waals surface area (Å²) in [5, 5.41) is 3.59. The van der Waals surface area contributed by atoms with Crippen molar-refractivity contribution in [2.75, 3.05) is 13.1 Å². The van der Waals surface area contributed by atoms with Crippen LogP contribution in [0.1, 0.15) is 38.5 Å². The number of rotatable bonds is 0. The van der Waals surface area contributed by atoms with E-state index in [1.807, 2.05) is 0 Å². The van der Waals surface area contributed by atoms with E-state index < -0.39 is 0 Å².